The van der Waals surface area contributed by atoms with E-state index in [0.29, 0.717) is 18.2 Å². The van der Waals surface area contributed by atoms with Gasteiger partial charge < -0.3 is 14.3 Å². The van der Waals surface area contributed by atoms with Gasteiger partial charge in [-0.05, 0) is 49.9 Å². The molecule has 2 aromatic carbocycles. The number of ether oxygens (including phenoxy) is 1. The number of nitrogens with zero attached hydrogens (tertiary/aromatic N) is 3. The van der Waals surface area contributed by atoms with Crippen LogP contribution in [-0.4, -0.2) is 46.2 Å². The first-order chi connectivity index (χ1) is 17.1. The van der Waals surface area contributed by atoms with Crippen LogP contribution in [0.2, 0.25) is 0 Å². The number of likely N-dealkylation sites (tertiary alicyclic amines) is 1. The quantitative estimate of drug-likeness (QED) is 0.285. The molecule has 0 aliphatic carbocycles. The summed E-state index contributed by atoms with van der Waals surface area (Å²) < 4.78 is 11.7. The molecular weight excluding hydrogens is 438 g/mol. The van der Waals surface area contributed by atoms with Crippen molar-refractivity contribution in [1.29, 1.82) is 0 Å². The molecular formula is C29H31N3O3. The standard InChI is InChI=1S/C29H31N3O3/c1-20(33)16-18-32-17-6-9-23(32)12-15-25-27-26(21-10-13-24(34-2)14-11-21)28(22-7-4-3-5-8-22)35-29(27)31-19-30-25/h3-5,7-8,10-11,13-14,19,23,33H,1,6,9,12,15-18H2,2H3/t23-/m0/s1. The SMILES string of the molecule is C=C(O)CCN1CCC[C@H]1CCc1ncnc2oc(-c3ccccc3)c(-c3ccc(OC)cc3)c12. The van der Waals surface area contributed by atoms with Crippen molar-refractivity contribution in [3.63, 3.8) is 0 Å². The van der Waals surface area contributed by atoms with Gasteiger partial charge in [0.2, 0.25) is 5.71 Å². The van der Waals surface area contributed by atoms with Crippen molar-refractivity contribution in [2.45, 2.75) is 38.1 Å². The van der Waals surface area contributed by atoms with Crippen LogP contribution in [0.15, 0.2) is 77.7 Å². The zero-order chi connectivity index (χ0) is 24.2. The maximum absolute atomic E-state index is 9.54. The molecule has 0 amide bonds. The van der Waals surface area contributed by atoms with Gasteiger partial charge in [0.15, 0.2) is 0 Å². The molecule has 0 saturated carbocycles. The van der Waals surface area contributed by atoms with Crippen LogP contribution in [0.3, 0.4) is 0 Å². The maximum Gasteiger partial charge on any atom is 0.230 e. The second kappa shape index (κ2) is 10.3. The number of furan rings is 1. The van der Waals surface area contributed by atoms with Crippen LogP contribution in [0.1, 0.15) is 31.4 Å². The Hall–Kier alpha value is -3.64. The average molecular weight is 470 g/mol. The number of fused-ring (bicyclic) bond motifs is 1. The fraction of sp³-hybridized carbons (Fsp3) is 0.310. The zero-order valence-corrected chi connectivity index (χ0v) is 20.1. The van der Waals surface area contributed by atoms with Gasteiger partial charge >= 0.3 is 0 Å². The number of aliphatic hydroxyl groups is 1. The predicted molar refractivity (Wildman–Crippen MR) is 139 cm³/mol. The Kier molecular flexibility index (Phi) is 6.82. The summed E-state index contributed by atoms with van der Waals surface area (Å²) >= 11 is 0. The van der Waals surface area contributed by atoms with Crippen LogP contribution in [0.5, 0.6) is 5.75 Å². The summed E-state index contributed by atoms with van der Waals surface area (Å²) in [5.41, 5.74) is 4.69. The third-order valence-corrected chi connectivity index (χ3v) is 6.88. The summed E-state index contributed by atoms with van der Waals surface area (Å²) in [6.45, 7) is 5.55. The molecule has 1 aliphatic heterocycles. The summed E-state index contributed by atoms with van der Waals surface area (Å²) in [6.07, 6.45) is 6.41. The van der Waals surface area contributed by atoms with Crippen LogP contribution < -0.4 is 4.74 Å². The first kappa shape index (κ1) is 23.1. The molecule has 180 valence electrons. The maximum atomic E-state index is 9.54. The molecule has 2 aromatic heterocycles. The van der Waals surface area contributed by atoms with Crippen LogP contribution in [0, 0.1) is 0 Å². The van der Waals surface area contributed by atoms with E-state index in [-0.39, 0.29) is 5.76 Å². The molecule has 0 spiro atoms. The molecule has 6 nitrogen and oxygen atoms in total. The molecule has 6 heteroatoms. The largest absolute Gasteiger partial charge is 0.513 e. The zero-order valence-electron chi connectivity index (χ0n) is 20.1. The number of aryl methyl sites for hydroxylation is 1. The summed E-state index contributed by atoms with van der Waals surface area (Å²) in [4.78, 5) is 11.7. The molecule has 1 aliphatic rings. The molecule has 1 atom stereocenters. The van der Waals surface area contributed by atoms with Crippen LogP contribution in [-0.2, 0) is 6.42 Å². The lowest BCUT2D eigenvalue weighted by Crippen LogP contribution is -2.31. The highest BCUT2D eigenvalue weighted by Gasteiger charge is 2.26. The van der Waals surface area contributed by atoms with E-state index in [0.717, 1.165) is 71.6 Å². The normalized spacial score (nSPS) is 16.1. The van der Waals surface area contributed by atoms with E-state index in [9.17, 15) is 5.11 Å². The number of aromatic nitrogens is 2. The van der Waals surface area contributed by atoms with E-state index < -0.39 is 0 Å². The molecule has 0 bridgehead atoms. The van der Waals surface area contributed by atoms with Crippen molar-refractivity contribution in [3.05, 3.63) is 79.0 Å². The van der Waals surface area contributed by atoms with E-state index in [1.807, 2.05) is 30.3 Å². The van der Waals surface area contributed by atoms with Gasteiger partial charge in [0.1, 0.15) is 17.8 Å². The van der Waals surface area contributed by atoms with Crippen molar-refractivity contribution in [3.8, 4) is 28.2 Å². The molecule has 0 unspecified atom stereocenters. The van der Waals surface area contributed by atoms with Crippen LogP contribution >= 0.6 is 0 Å². The number of aliphatic hydroxyl groups excluding tert-OH is 1. The number of methoxy groups -OCH3 is 1. The predicted octanol–water partition coefficient (Wildman–Crippen LogP) is 6.42. The number of rotatable bonds is 9. The van der Waals surface area contributed by atoms with Crippen molar-refractivity contribution < 1.29 is 14.3 Å². The third kappa shape index (κ3) is 4.93. The lowest BCUT2D eigenvalue weighted by molar-refractivity contribution is 0.233. The Morgan fingerprint density at radius 1 is 1.11 bits per heavy atom. The molecule has 35 heavy (non-hydrogen) atoms. The summed E-state index contributed by atoms with van der Waals surface area (Å²) in [5, 5.41) is 10.5. The van der Waals surface area contributed by atoms with Gasteiger partial charge in [-0.15, -0.1) is 0 Å². The second-order valence-electron chi connectivity index (χ2n) is 9.09. The highest BCUT2D eigenvalue weighted by molar-refractivity contribution is 6.01. The van der Waals surface area contributed by atoms with Gasteiger partial charge in [-0.1, -0.05) is 49.0 Å². The van der Waals surface area contributed by atoms with Crippen LogP contribution in [0.4, 0.5) is 0 Å². The monoisotopic (exact) mass is 469 g/mol. The van der Waals surface area contributed by atoms with E-state index in [2.05, 4.69) is 40.7 Å². The van der Waals surface area contributed by atoms with Crippen molar-refractivity contribution in [2.24, 2.45) is 0 Å². The minimum atomic E-state index is 0.254. The topological polar surface area (TPSA) is 71.6 Å². The number of hydrogen-bond donors (Lipinski definition) is 1. The lowest BCUT2D eigenvalue weighted by atomic mass is 9.96. The molecule has 4 aromatic rings. The first-order valence-corrected chi connectivity index (χ1v) is 12.2. The summed E-state index contributed by atoms with van der Waals surface area (Å²) in [5.74, 6) is 1.87. The minimum absolute atomic E-state index is 0.254. The summed E-state index contributed by atoms with van der Waals surface area (Å²) in [7, 11) is 1.67. The molecule has 3 heterocycles. The van der Waals surface area contributed by atoms with Gasteiger partial charge in [-0.3, -0.25) is 4.90 Å². The van der Waals surface area contributed by atoms with E-state index in [4.69, 9.17) is 14.1 Å². The fourth-order valence-electron chi connectivity index (χ4n) is 5.10. The Labute approximate surface area is 205 Å². The second-order valence-corrected chi connectivity index (χ2v) is 9.09. The molecule has 1 fully saturated rings. The smallest absolute Gasteiger partial charge is 0.230 e. The Morgan fingerprint density at radius 3 is 2.66 bits per heavy atom. The Morgan fingerprint density at radius 2 is 1.91 bits per heavy atom. The lowest BCUT2D eigenvalue weighted by Gasteiger charge is -2.24. The minimum Gasteiger partial charge on any atom is -0.513 e. The fourth-order valence-corrected chi connectivity index (χ4v) is 5.10. The van der Waals surface area contributed by atoms with E-state index in [1.54, 1.807) is 13.4 Å². The van der Waals surface area contributed by atoms with Gasteiger partial charge in [0, 0.05) is 30.1 Å². The van der Waals surface area contributed by atoms with Crippen LogP contribution in [0.25, 0.3) is 33.6 Å². The molecule has 5 rings (SSSR count). The molecule has 1 saturated heterocycles. The van der Waals surface area contributed by atoms with E-state index in [1.165, 1.54) is 6.42 Å². The Balaban J connectivity index is 1.53. The third-order valence-electron chi connectivity index (χ3n) is 6.88. The average Bonchev–Trinajstić information content (AvgIpc) is 3.51. The van der Waals surface area contributed by atoms with Gasteiger partial charge in [-0.2, -0.15) is 0 Å². The highest BCUT2D eigenvalue weighted by Crippen LogP contribution is 2.42. The van der Waals surface area contributed by atoms with Gasteiger partial charge in [0.05, 0.1) is 23.9 Å². The number of hydrogen-bond acceptors (Lipinski definition) is 6. The molecule has 1 N–H and O–H groups in total. The van der Waals surface area contributed by atoms with Gasteiger partial charge in [-0.25, -0.2) is 9.97 Å². The van der Waals surface area contributed by atoms with Crippen molar-refractivity contribution >= 4 is 11.1 Å². The Bertz CT molecular complexity index is 1300. The molecule has 0 radical (unpaired) electrons. The number of benzene rings is 2. The van der Waals surface area contributed by atoms with Crippen molar-refractivity contribution in [2.75, 3.05) is 20.2 Å². The van der Waals surface area contributed by atoms with Gasteiger partial charge in [0.25, 0.3) is 0 Å². The highest BCUT2D eigenvalue weighted by atomic mass is 16.5. The van der Waals surface area contributed by atoms with Crippen molar-refractivity contribution in [1.82, 2.24) is 14.9 Å². The first-order valence-electron chi connectivity index (χ1n) is 12.2. The van der Waals surface area contributed by atoms with E-state index >= 15 is 0 Å². The summed E-state index contributed by atoms with van der Waals surface area (Å²) in [6, 6.07) is 18.7.